The van der Waals surface area contributed by atoms with Crippen LogP contribution in [0.2, 0.25) is 0 Å². The maximum Gasteiger partial charge on any atom is 0.317 e. The Hall–Kier alpha value is -3.26. The van der Waals surface area contributed by atoms with Gasteiger partial charge in [0.25, 0.3) is 5.69 Å². The fourth-order valence-electron chi connectivity index (χ4n) is 2.59. The number of thiazole rings is 1. The second-order valence-electron chi connectivity index (χ2n) is 5.96. The van der Waals surface area contributed by atoms with E-state index in [-0.39, 0.29) is 17.9 Å². The number of aromatic nitrogens is 1. The number of hydrogen-bond donors (Lipinski definition) is 0. The van der Waals surface area contributed by atoms with Crippen molar-refractivity contribution in [3.05, 3.63) is 69.2 Å². The van der Waals surface area contributed by atoms with Gasteiger partial charge in [-0.1, -0.05) is 0 Å². The first-order valence-electron chi connectivity index (χ1n) is 8.59. The summed E-state index contributed by atoms with van der Waals surface area (Å²) in [5, 5.41) is 13.5. The Kier molecular flexibility index (Phi) is 6.00. The van der Waals surface area contributed by atoms with Gasteiger partial charge in [0, 0.05) is 22.6 Å². The third kappa shape index (κ3) is 4.72. The van der Waals surface area contributed by atoms with Gasteiger partial charge in [0.15, 0.2) is 0 Å². The van der Waals surface area contributed by atoms with Crippen LogP contribution in [0.5, 0.6) is 11.5 Å². The molecule has 2 aromatic carbocycles. The minimum Gasteiger partial charge on any atom is -0.494 e. The molecule has 0 saturated heterocycles. The van der Waals surface area contributed by atoms with E-state index in [0.717, 1.165) is 16.3 Å². The highest BCUT2D eigenvalue weighted by molar-refractivity contribution is 7.13. The van der Waals surface area contributed by atoms with Crippen LogP contribution in [0, 0.1) is 17.0 Å². The van der Waals surface area contributed by atoms with Gasteiger partial charge in [-0.15, -0.1) is 11.3 Å². The van der Waals surface area contributed by atoms with Crippen molar-refractivity contribution >= 4 is 23.0 Å². The molecule has 1 heterocycles. The molecule has 28 heavy (non-hydrogen) atoms. The average molecular weight is 398 g/mol. The predicted molar refractivity (Wildman–Crippen MR) is 106 cm³/mol. The summed E-state index contributed by atoms with van der Waals surface area (Å²) in [6, 6.07) is 11.8. The van der Waals surface area contributed by atoms with Gasteiger partial charge in [-0.2, -0.15) is 0 Å². The molecule has 8 heteroatoms. The summed E-state index contributed by atoms with van der Waals surface area (Å²) in [5.41, 5.74) is 1.97. The number of nitro benzene ring substituents is 1. The summed E-state index contributed by atoms with van der Waals surface area (Å²) in [6.45, 7) is 4.13. The highest BCUT2D eigenvalue weighted by atomic mass is 32.1. The van der Waals surface area contributed by atoms with Gasteiger partial charge < -0.3 is 9.47 Å². The summed E-state index contributed by atoms with van der Waals surface area (Å²) in [5.74, 6) is 0.594. The van der Waals surface area contributed by atoms with Crippen molar-refractivity contribution in [2.24, 2.45) is 0 Å². The van der Waals surface area contributed by atoms with Crippen LogP contribution in [0.1, 0.15) is 18.2 Å². The summed E-state index contributed by atoms with van der Waals surface area (Å²) in [6.07, 6.45) is 0.0174. The van der Waals surface area contributed by atoms with Gasteiger partial charge >= 0.3 is 5.97 Å². The molecule has 3 aromatic rings. The monoisotopic (exact) mass is 398 g/mol. The molecule has 0 aliphatic heterocycles. The van der Waals surface area contributed by atoms with E-state index in [2.05, 4.69) is 4.98 Å². The van der Waals surface area contributed by atoms with E-state index in [4.69, 9.17) is 9.47 Å². The van der Waals surface area contributed by atoms with E-state index in [9.17, 15) is 14.9 Å². The van der Waals surface area contributed by atoms with Crippen LogP contribution < -0.4 is 9.47 Å². The second kappa shape index (κ2) is 8.62. The quantitative estimate of drug-likeness (QED) is 0.250. The first kappa shape index (κ1) is 19.5. The first-order chi connectivity index (χ1) is 13.5. The molecule has 7 nitrogen and oxygen atoms in total. The van der Waals surface area contributed by atoms with Crippen molar-refractivity contribution in [3.63, 3.8) is 0 Å². The number of nitrogens with zero attached hydrogens (tertiary/aromatic N) is 2. The molecule has 1 aromatic heterocycles. The van der Waals surface area contributed by atoms with E-state index in [1.165, 1.54) is 29.5 Å². The van der Waals surface area contributed by atoms with Crippen molar-refractivity contribution in [2.75, 3.05) is 6.61 Å². The Labute approximate surface area is 165 Å². The Balaban J connectivity index is 1.64. The summed E-state index contributed by atoms with van der Waals surface area (Å²) in [7, 11) is 0. The van der Waals surface area contributed by atoms with Crippen LogP contribution in [-0.4, -0.2) is 22.5 Å². The van der Waals surface area contributed by atoms with Crippen LogP contribution in [-0.2, 0) is 11.2 Å². The molecule has 0 aliphatic carbocycles. The standard InChI is InChI=1S/C20H18N2O5S/c1-3-26-16-6-4-14(5-7-16)20-21-15(12-28-20)11-19(23)27-17-8-9-18(22(24)25)13(2)10-17/h4-10,12H,3,11H2,1-2H3. The molecule has 0 saturated carbocycles. The first-order valence-corrected chi connectivity index (χ1v) is 9.47. The van der Waals surface area contributed by atoms with Gasteiger partial charge in [0.1, 0.15) is 16.5 Å². The Morgan fingerprint density at radius 1 is 1.18 bits per heavy atom. The van der Waals surface area contributed by atoms with E-state index in [0.29, 0.717) is 17.9 Å². The van der Waals surface area contributed by atoms with Crippen LogP contribution in [0.25, 0.3) is 10.6 Å². The molecule has 0 bridgehead atoms. The highest BCUT2D eigenvalue weighted by Crippen LogP contribution is 2.27. The maximum atomic E-state index is 12.2. The van der Waals surface area contributed by atoms with Gasteiger partial charge in [0.05, 0.1) is 23.6 Å². The maximum absolute atomic E-state index is 12.2. The van der Waals surface area contributed by atoms with E-state index < -0.39 is 10.9 Å². The molecule has 0 unspecified atom stereocenters. The molecule has 0 spiro atoms. The van der Waals surface area contributed by atoms with Crippen LogP contribution >= 0.6 is 11.3 Å². The van der Waals surface area contributed by atoms with Gasteiger partial charge in [-0.25, -0.2) is 4.98 Å². The Bertz CT molecular complexity index is 998. The largest absolute Gasteiger partial charge is 0.494 e. The minimum atomic E-state index is -0.475. The molecule has 0 radical (unpaired) electrons. The summed E-state index contributed by atoms with van der Waals surface area (Å²) >= 11 is 1.44. The Morgan fingerprint density at radius 2 is 1.89 bits per heavy atom. The third-order valence-electron chi connectivity index (χ3n) is 3.89. The van der Waals surface area contributed by atoms with Gasteiger partial charge in [0.2, 0.25) is 0 Å². The summed E-state index contributed by atoms with van der Waals surface area (Å²) in [4.78, 5) is 27.0. The molecule has 144 valence electrons. The van der Waals surface area contributed by atoms with Crippen LogP contribution in [0.15, 0.2) is 47.8 Å². The number of benzene rings is 2. The number of ether oxygens (including phenoxy) is 2. The van der Waals surface area contributed by atoms with E-state index in [1.807, 2.05) is 36.6 Å². The molecule has 0 atom stereocenters. The lowest BCUT2D eigenvalue weighted by Crippen LogP contribution is -2.11. The number of aryl methyl sites for hydroxylation is 1. The van der Waals surface area contributed by atoms with Crippen molar-refractivity contribution in [3.8, 4) is 22.1 Å². The van der Waals surface area contributed by atoms with Gasteiger partial charge in [-0.3, -0.25) is 14.9 Å². The SMILES string of the molecule is CCOc1ccc(-c2nc(CC(=O)Oc3ccc([N+](=O)[O-])c(C)c3)cs2)cc1. The number of nitro groups is 1. The van der Waals surface area contributed by atoms with Crippen LogP contribution in [0.3, 0.4) is 0 Å². The highest BCUT2D eigenvalue weighted by Gasteiger charge is 2.14. The molecule has 0 aliphatic rings. The zero-order chi connectivity index (χ0) is 20.1. The van der Waals surface area contributed by atoms with E-state index in [1.54, 1.807) is 6.92 Å². The van der Waals surface area contributed by atoms with E-state index >= 15 is 0 Å². The molecule has 0 N–H and O–H groups in total. The fraction of sp³-hybridized carbons (Fsp3) is 0.200. The zero-order valence-electron chi connectivity index (χ0n) is 15.4. The van der Waals surface area contributed by atoms with Crippen LogP contribution in [0.4, 0.5) is 5.69 Å². The molecular formula is C20H18N2O5S. The number of hydrogen-bond acceptors (Lipinski definition) is 7. The molecule has 0 fully saturated rings. The lowest BCUT2D eigenvalue weighted by molar-refractivity contribution is -0.385. The van der Waals surface area contributed by atoms with Gasteiger partial charge in [-0.05, 0) is 50.2 Å². The van der Waals surface area contributed by atoms with Crippen molar-refractivity contribution in [1.82, 2.24) is 4.98 Å². The third-order valence-corrected chi connectivity index (χ3v) is 4.83. The average Bonchev–Trinajstić information content (AvgIpc) is 3.10. The normalized spacial score (nSPS) is 10.5. The second-order valence-corrected chi connectivity index (χ2v) is 6.82. The predicted octanol–water partition coefficient (Wildman–Crippen LogP) is 4.57. The molecular weight excluding hydrogens is 380 g/mol. The fourth-order valence-corrected chi connectivity index (χ4v) is 3.42. The van der Waals surface area contributed by atoms with Crippen molar-refractivity contribution < 1.29 is 19.2 Å². The summed E-state index contributed by atoms with van der Waals surface area (Å²) < 4.78 is 10.7. The van der Waals surface area contributed by atoms with Crippen molar-refractivity contribution in [2.45, 2.75) is 20.3 Å². The van der Waals surface area contributed by atoms with Crippen molar-refractivity contribution in [1.29, 1.82) is 0 Å². The smallest absolute Gasteiger partial charge is 0.317 e. The number of rotatable bonds is 7. The minimum absolute atomic E-state index is 0.0145. The molecule has 0 amide bonds. The number of esters is 1. The molecule has 3 rings (SSSR count). The lowest BCUT2D eigenvalue weighted by atomic mass is 10.2. The lowest BCUT2D eigenvalue weighted by Gasteiger charge is -2.04. The number of carbonyl (C=O) groups excluding carboxylic acids is 1. The zero-order valence-corrected chi connectivity index (χ0v) is 16.2. The Morgan fingerprint density at radius 3 is 2.54 bits per heavy atom. The topological polar surface area (TPSA) is 91.6 Å². The number of carbonyl (C=O) groups is 1.